The highest BCUT2D eigenvalue weighted by Gasteiger charge is 2.40. The summed E-state index contributed by atoms with van der Waals surface area (Å²) in [7, 11) is 1.82. The lowest BCUT2D eigenvalue weighted by Crippen LogP contribution is -2.26. The summed E-state index contributed by atoms with van der Waals surface area (Å²) in [5.74, 6) is 1.29. The minimum Gasteiger partial charge on any atom is -0.382 e. The second-order valence-corrected chi connectivity index (χ2v) is 4.09. The van der Waals surface area contributed by atoms with Crippen molar-refractivity contribution in [1.29, 1.82) is 0 Å². The first kappa shape index (κ1) is 8.69. The first-order chi connectivity index (χ1) is 6.12. The van der Waals surface area contributed by atoms with E-state index in [1.165, 1.54) is 6.33 Å². The number of aromatic nitrogens is 3. The largest absolute Gasteiger partial charge is 0.382 e. The van der Waals surface area contributed by atoms with Crippen molar-refractivity contribution in [2.75, 3.05) is 0 Å². The van der Waals surface area contributed by atoms with Crippen molar-refractivity contribution >= 4 is 0 Å². The molecule has 1 aliphatic rings. The maximum Gasteiger partial charge on any atom is 0.158 e. The van der Waals surface area contributed by atoms with Crippen LogP contribution in [0.4, 0.5) is 0 Å². The van der Waals surface area contributed by atoms with Crippen molar-refractivity contribution in [2.24, 2.45) is 13.0 Å². The number of nitrogens with zero attached hydrogens (tertiary/aromatic N) is 3. The third-order valence-electron chi connectivity index (χ3n) is 2.86. The lowest BCUT2D eigenvalue weighted by atomic mass is 10.00. The molecule has 4 nitrogen and oxygen atoms in total. The molecule has 1 fully saturated rings. The van der Waals surface area contributed by atoms with Crippen molar-refractivity contribution in [2.45, 2.75) is 31.8 Å². The molecular formula is C9H15N3O. The fourth-order valence-electron chi connectivity index (χ4n) is 2.19. The lowest BCUT2D eigenvalue weighted by molar-refractivity contribution is 0.0279. The third kappa shape index (κ3) is 1.35. The summed E-state index contributed by atoms with van der Waals surface area (Å²) in [6.45, 7) is 2.16. The van der Waals surface area contributed by atoms with Crippen LogP contribution in [0.25, 0.3) is 0 Å². The number of aliphatic hydroxyl groups is 1. The summed E-state index contributed by atoms with van der Waals surface area (Å²) in [6.07, 6.45) is 4.18. The zero-order chi connectivity index (χ0) is 9.47. The highest BCUT2D eigenvalue weighted by molar-refractivity contribution is 5.04. The topological polar surface area (TPSA) is 50.9 Å². The van der Waals surface area contributed by atoms with E-state index in [2.05, 4.69) is 17.0 Å². The van der Waals surface area contributed by atoms with Crippen LogP contribution in [0.3, 0.4) is 0 Å². The van der Waals surface area contributed by atoms with Gasteiger partial charge in [0.2, 0.25) is 0 Å². The van der Waals surface area contributed by atoms with Crippen LogP contribution in [-0.4, -0.2) is 19.9 Å². The fourth-order valence-corrected chi connectivity index (χ4v) is 2.19. The van der Waals surface area contributed by atoms with Gasteiger partial charge in [-0.2, -0.15) is 5.10 Å². The van der Waals surface area contributed by atoms with Crippen molar-refractivity contribution in [1.82, 2.24) is 14.8 Å². The van der Waals surface area contributed by atoms with Crippen LogP contribution < -0.4 is 0 Å². The zero-order valence-electron chi connectivity index (χ0n) is 8.06. The van der Waals surface area contributed by atoms with Crippen LogP contribution in [0.15, 0.2) is 6.33 Å². The van der Waals surface area contributed by atoms with E-state index in [1.54, 1.807) is 4.68 Å². The molecule has 0 spiro atoms. The number of hydrogen-bond acceptors (Lipinski definition) is 3. The van der Waals surface area contributed by atoms with Gasteiger partial charge < -0.3 is 5.11 Å². The van der Waals surface area contributed by atoms with Crippen LogP contribution in [0, 0.1) is 5.92 Å². The van der Waals surface area contributed by atoms with Crippen LogP contribution in [0.5, 0.6) is 0 Å². The minimum atomic E-state index is -0.731. The quantitative estimate of drug-likeness (QED) is 0.698. The van der Waals surface area contributed by atoms with E-state index in [-0.39, 0.29) is 0 Å². The van der Waals surface area contributed by atoms with Gasteiger partial charge in [0.05, 0.1) is 0 Å². The van der Waals surface area contributed by atoms with Gasteiger partial charge in [0.15, 0.2) is 5.82 Å². The summed E-state index contributed by atoms with van der Waals surface area (Å²) in [4.78, 5) is 4.11. The molecule has 1 aromatic rings. The predicted octanol–water partition coefficient (Wildman–Crippen LogP) is 0.823. The van der Waals surface area contributed by atoms with E-state index in [9.17, 15) is 5.11 Å². The first-order valence-electron chi connectivity index (χ1n) is 4.69. The van der Waals surface area contributed by atoms with Crippen molar-refractivity contribution in [3.05, 3.63) is 12.2 Å². The Kier molecular flexibility index (Phi) is 1.87. The molecule has 72 valence electrons. The van der Waals surface area contributed by atoms with Gasteiger partial charge in [0.1, 0.15) is 11.9 Å². The van der Waals surface area contributed by atoms with Crippen LogP contribution in [-0.2, 0) is 12.6 Å². The van der Waals surface area contributed by atoms with Crippen molar-refractivity contribution in [3.63, 3.8) is 0 Å². The zero-order valence-corrected chi connectivity index (χ0v) is 8.06. The van der Waals surface area contributed by atoms with Crippen molar-refractivity contribution < 1.29 is 5.11 Å². The average Bonchev–Trinajstić information content (AvgIpc) is 2.59. The summed E-state index contributed by atoms with van der Waals surface area (Å²) in [5, 5.41) is 14.3. The molecule has 1 aliphatic carbocycles. The fraction of sp³-hybridized carbons (Fsp3) is 0.778. The molecule has 1 saturated carbocycles. The standard InChI is InChI=1S/C9H15N3O/c1-7-3-4-9(13,5-7)8-10-6-11-12(8)2/h6-7,13H,3-5H2,1-2H3. The minimum absolute atomic E-state index is 0.585. The van der Waals surface area contributed by atoms with Gasteiger partial charge in [-0.25, -0.2) is 4.98 Å². The monoisotopic (exact) mass is 181 g/mol. The molecule has 0 bridgehead atoms. The Balaban J connectivity index is 2.30. The molecule has 0 radical (unpaired) electrons. The molecule has 1 heterocycles. The number of rotatable bonds is 1. The van der Waals surface area contributed by atoms with E-state index < -0.39 is 5.60 Å². The molecule has 2 unspecified atom stereocenters. The van der Waals surface area contributed by atoms with Gasteiger partial charge in [-0.1, -0.05) is 6.92 Å². The van der Waals surface area contributed by atoms with Gasteiger partial charge in [-0.15, -0.1) is 0 Å². The van der Waals surface area contributed by atoms with Gasteiger partial charge in [0, 0.05) is 7.05 Å². The summed E-state index contributed by atoms with van der Waals surface area (Å²) in [6, 6.07) is 0. The normalized spacial score (nSPS) is 33.9. The van der Waals surface area contributed by atoms with E-state index in [0.717, 1.165) is 19.3 Å². The van der Waals surface area contributed by atoms with Crippen LogP contribution in [0.1, 0.15) is 32.0 Å². The first-order valence-corrected chi connectivity index (χ1v) is 4.69. The highest BCUT2D eigenvalue weighted by Crippen LogP contribution is 2.40. The van der Waals surface area contributed by atoms with E-state index >= 15 is 0 Å². The lowest BCUT2D eigenvalue weighted by Gasteiger charge is -2.20. The van der Waals surface area contributed by atoms with Crippen molar-refractivity contribution in [3.8, 4) is 0 Å². The van der Waals surface area contributed by atoms with Crippen LogP contribution >= 0.6 is 0 Å². The van der Waals surface area contributed by atoms with E-state index in [4.69, 9.17) is 0 Å². The molecule has 0 aliphatic heterocycles. The summed E-state index contributed by atoms with van der Waals surface area (Å²) < 4.78 is 1.66. The van der Waals surface area contributed by atoms with Gasteiger partial charge >= 0.3 is 0 Å². The Hall–Kier alpha value is -0.900. The molecule has 0 saturated heterocycles. The highest BCUT2D eigenvalue weighted by atomic mass is 16.3. The second kappa shape index (κ2) is 2.80. The molecular weight excluding hydrogens is 166 g/mol. The average molecular weight is 181 g/mol. The van der Waals surface area contributed by atoms with Gasteiger partial charge in [-0.05, 0) is 25.2 Å². The Morgan fingerprint density at radius 2 is 2.46 bits per heavy atom. The smallest absolute Gasteiger partial charge is 0.158 e. The molecule has 1 aromatic heterocycles. The SMILES string of the molecule is CC1CCC(O)(c2ncnn2C)C1. The number of hydrogen-bond donors (Lipinski definition) is 1. The molecule has 13 heavy (non-hydrogen) atoms. The van der Waals surface area contributed by atoms with E-state index in [1.807, 2.05) is 7.05 Å². The maximum absolute atomic E-state index is 10.3. The Labute approximate surface area is 77.6 Å². The number of aryl methyl sites for hydroxylation is 1. The molecule has 1 N–H and O–H groups in total. The maximum atomic E-state index is 10.3. The summed E-state index contributed by atoms with van der Waals surface area (Å²) >= 11 is 0. The molecule has 2 atom stereocenters. The molecule has 0 amide bonds. The second-order valence-electron chi connectivity index (χ2n) is 4.09. The summed E-state index contributed by atoms with van der Waals surface area (Å²) in [5.41, 5.74) is -0.731. The Bertz CT molecular complexity index is 310. The molecule has 2 rings (SSSR count). The van der Waals surface area contributed by atoms with Gasteiger partial charge in [-0.3, -0.25) is 4.68 Å². The Morgan fingerprint density at radius 1 is 1.69 bits per heavy atom. The van der Waals surface area contributed by atoms with E-state index in [0.29, 0.717) is 11.7 Å². The van der Waals surface area contributed by atoms with Crippen LogP contribution in [0.2, 0.25) is 0 Å². The molecule has 0 aromatic carbocycles. The third-order valence-corrected chi connectivity index (χ3v) is 2.86. The molecule has 4 heteroatoms. The Morgan fingerprint density at radius 3 is 2.92 bits per heavy atom. The predicted molar refractivity (Wildman–Crippen MR) is 47.9 cm³/mol. The van der Waals surface area contributed by atoms with Gasteiger partial charge in [0.25, 0.3) is 0 Å².